The summed E-state index contributed by atoms with van der Waals surface area (Å²) in [5.74, 6) is -0.115. The quantitative estimate of drug-likeness (QED) is 0.617. The van der Waals surface area contributed by atoms with Crippen LogP contribution in [0.25, 0.3) is 5.65 Å². The molecule has 0 aliphatic heterocycles. The number of halogens is 2. The standard InChI is InChI=1S/C16H14F2N4/c1-10(2)15-16(21-20-13-6-3-11(17)4-7-13)22-9-12(18)5-8-14(22)19-15/h3-10H,1-2H3. The summed E-state index contributed by atoms with van der Waals surface area (Å²) in [7, 11) is 0. The first-order valence-corrected chi connectivity index (χ1v) is 6.89. The molecule has 2 heterocycles. The summed E-state index contributed by atoms with van der Waals surface area (Å²) in [5.41, 5.74) is 1.86. The number of rotatable bonds is 3. The lowest BCUT2D eigenvalue weighted by molar-refractivity contribution is 0.619. The summed E-state index contributed by atoms with van der Waals surface area (Å²) in [5, 5.41) is 8.28. The van der Waals surface area contributed by atoms with Crippen LogP contribution < -0.4 is 0 Å². The number of hydrogen-bond acceptors (Lipinski definition) is 3. The average molecular weight is 300 g/mol. The van der Waals surface area contributed by atoms with Crippen LogP contribution in [0.3, 0.4) is 0 Å². The van der Waals surface area contributed by atoms with Crippen LogP contribution >= 0.6 is 0 Å². The first-order chi connectivity index (χ1) is 10.5. The van der Waals surface area contributed by atoms with Gasteiger partial charge in [-0.1, -0.05) is 13.8 Å². The Hall–Kier alpha value is -2.63. The molecule has 2 aromatic heterocycles. The fraction of sp³-hybridized carbons (Fsp3) is 0.188. The Bertz CT molecular complexity index is 835. The molecule has 0 aliphatic rings. The fourth-order valence-electron chi connectivity index (χ4n) is 2.12. The largest absolute Gasteiger partial charge is 0.280 e. The van der Waals surface area contributed by atoms with Crippen molar-refractivity contribution in [3.8, 4) is 0 Å². The first-order valence-electron chi connectivity index (χ1n) is 6.89. The van der Waals surface area contributed by atoms with Crippen molar-refractivity contribution in [3.63, 3.8) is 0 Å². The predicted octanol–water partition coefficient (Wildman–Crippen LogP) is 5.15. The summed E-state index contributed by atoms with van der Waals surface area (Å²) in [6.07, 6.45) is 1.33. The zero-order valence-corrected chi connectivity index (χ0v) is 12.2. The van der Waals surface area contributed by atoms with E-state index in [-0.39, 0.29) is 17.6 Å². The maximum atomic E-state index is 13.5. The Morgan fingerprint density at radius 2 is 1.64 bits per heavy atom. The second-order valence-corrected chi connectivity index (χ2v) is 5.23. The first kappa shape index (κ1) is 14.3. The molecule has 3 aromatic rings. The molecule has 0 N–H and O–H groups in total. The van der Waals surface area contributed by atoms with Gasteiger partial charge in [-0.15, -0.1) is 10.2 Å². The van der Waals surface area contributed by atoms with E-state index in [9.17, 15) is 8.78 Å². The van der Waals surface area contributed by atoms with Crippen LogP contribution in [-0.4, -0.2) is 9.38 Å². The maximum Gasteiger partial charge on any atom is 0.183 e. The van der Waals surface area contributed by atoms with Crippen molar-refractivity contribution in [2.75, 3.05) is 0 Å². The highest BCUT2D eigenvalue weighted by atomic mass is 19.1. The third-order valence-electron chi connectivity index (χ3n) is 3.22. The Morgan fingerprint density at radius 3 is 2.32 bits per heavy atom. The number of azo groups is 1. The van der Waals surface area contributed by atoms with Crippen molar-refractivity contribution in [3.05, 3.63) is 59.9 Å². The van der Waals surface area contributed by atoms with E-state index in [1.165, 1.54) is 36.5 Å². The lowest BCUT2D eigenvalue weighted by Gasteiger charge is -2.01. The number of fused-ring (bicyclic) bond motifs is 1. The molecule has 0 radical (unpaired) electrons. The van der Waals surface area contributed by atoms with Gasteiger partial charge < -0.3 is 0 Å². The number of nitrogens with zero attached hydrogens (tertiary/aromatic N) is 4. The highest BCUT2D eigenvalue weighted by molar-refractivity contribution is 5.53. The predicted molar refractivity (Wildman–Crippen MR) is 79.8 cm³/mol. The summed E-state index contributed by atoms with van der Waals surface area (Å²) >= 11 is 0. The smallest absolute Gasteiger partial charge is 0.183 e. The molecule has 0 atom stereocenters. The van der Waals surface area contributed by atoms with Crippen molar-refractivity contribution < 1.29 is 8.78 Å². The van der Waals surface area contributed by atoms with Crippen molar-refractivity contribution >= 4 is 17.2 Å². The molecule has 112 valence electrons. The number of imidazole rings is 1. The van der Waals surface area contributed by atoms with Gasteiger partial charge in [-0.2, -0.15) is 0 Å². The molecule has 0 saturated heterocycles. The number of aromatic nitrogens is 2. The molecule has 0 amide bonds. The average Bonchev–Trinajstić information content (AvgIpc) is 2.85. The summed E-state index contributed by atoms with van der Waals surface area (Å²) in [4.78, 5) is 4.46. The van der Waals surface area contributed by atoms with E-state index in [0.29, 0.717) is 17.2 Å². The molecular weight excluding hydrogens is 286 g/mol. The number of pyridine rings is 1. The van der Waals surface area contributed by atoms with Gasteiger partial charge >= 0.3 is 0 Å². The summed E-state index contributed by atoms with van der Waals surface area (Å²) in [6.45, 7) is 3.96. The van der Waals surface area contributed by atoms with Crippen LogP contribution in [-0.2, 0) is 0 Å². The van der Waals surface area contributed by atoms with Crippen LogP contribution in [0.5, 0.6) is 0 Å². The molecule has 1 aromatic carbocycles. The molecular formula is C16H14F2N4. The highest BCUT2D eigenvalue weighted by Gasteiger charge is 2.15. The van der Waals surface area contributed by atoms with Gasteiger partial charge in [0, 0.05) is 6.20 Å². The minimum absolute atomic E-state index is 0.116. The van der Waals surface area contributed by atoms with Gasteiger partial charge in [0.25, 0.3) is 0 Å². The third kappa shape index (κ3) is 2.72. The van der Waals surface area contributed by atoms with E-state index in [0.717, 1.165) is 5.69 Å². The van der Waals surface area contributed by atoms with Gasteiger partial charge in [0.1, 0.15) is 17.3 Å². The molecule has 0 fully saturated rings. The van der Waals surface area contributed by atoms with Gasteiger partial charge in [-0.25, -0.2) is 13.8 Å². The fourth-order valence-corrected chi connectivity index (χ4v) is 2.12. The SMILES string of the molecule is CC(C)c1nc2ccc(F)cn2c1N=Nc1ccc(F)cc1. The minimum Gasteiger partial charge on any atom is -0.280 e. The van der Waals surface area contributed by atoms with Crippen LogP contribution in [0.15, 0.2) is 52.8 Å². The van der Waals surface area contributed by atoms with E-state index < -0.39 is 0 Å². The second-order valence-electron chi connectivity index (χ2n) is 5.23. The Kier molecular flexibility index (Phi) is 3.66. The molecule has 0 spiro atoms. The van der Waals surface area contributed by atoms with E-state index in [1.54, 1.807) is 10.5 Å². The lowest BCUT2D eigenvalue weighted by atomic mass is 10.1. The van der Waals surface area contributed by atoms with Crippen molar-refractivity contribution in [2.24, 2.45) is 10.2 Å². The van der Waals surface area contributed by atoms with Crippen molar-refractivity contribution in [1.82, 2.24) is 9.38 Å². The minimum atomic E-state index is -0.376. The zero-order chi connectivity index (χ0) is 15.7. The number of hydrogen-bond donors (Lipinski definition) is 0. The molecule has 4 nitrogen and oxygen atoms in total. The monoisotopic (exact) mass is 300 g/mol. The van der Waals surface area contributed by atoms with Gasteiger partial charge in [0.15, 0.2) is 5.82 Å². The van der Waals surface area contributed by atoms with Crippen LogP contribution in [0, 0.1) is 11.6 Å². The van der Waals surface area contributed by atoms with Gasteiger partial charge in [-0.05, 0) is 42.3 Å². The Labute approximate surface area is 126 Å². The normalized spacial score (nSPS) is 11.9. The third-order valence-corrected chi connectivity index (χ3v) is 3.22. The van der Waals surface area contributed by atoms with Crippen molar-refractivity contribution in [2.45, 2.75) is 19.8 Å². The van der Waals surface area contributed by atoms with Crippen LogP contribution in [0.4, 0.5) is 20.3 Å². The van der Waals surface area contributed by atoms with Crippen LogP contribution in [0.1, 0.15) is 25.5 Å². The highest BCUT2D eigenvalue weighted by Crippen LogP contribution is 2.29. The van der Waals surface area contributed by atoms with E-state index >= 15 is 0 Å². The second kappa shape index (κ2) is 5.63. The van der Waals surface area contributed by atoms with Gasteiger partial charge in [-0.3, -0.25) is 4.40 Å². The summed E-state index contributed by atoms with van der Waals surface area (Å²) < 4.78 is 27.9. The molecule has 3 rings (SSSR count). The molecule has 0 aliphatic carbocycles. The van der Waals surface area contributed by atoms with Crippen molar-refractivity contribution in [1.29, 1.82) is 0 Å². The summed E-state index contributed by atoms with van der Waals surface area (Å²) in [6, 6.07) is 8.62. The molecule has 0 saturated carbocycles. The van der Waals surface area contributed by atoms with Gasteiger partial charge in [0.2, 0.25) is 0 Å². The molecule has 6 heteroatoms. The topological polar surface area (TPSA) is 42.0 Å². The maximum absolute atomic E-state index is 13.5. The molecule has 0 unspecified atom stereocenters. The lowest BCUT2D eigenvalue weighted by Crippen LogP contribution is -1.88. The van der Waals surface area contributed by atoms with Gasteiger partial charge in [0.05, 0.1) is 11.4 Å². The molecule has 22 heavy (non-hydrogen) atoms. The zero-order valence-electron chi connectivity index (χ0n) is 12.2. The number of benzene rings is 1. The molecule has 0 bridgehead atoms. The Morgan fingerprint density at radius 1 is 0.955 bits per heavy atom. The van der Waals surface area contributed by atoms with Crippen LogP contribution in [0.2, 0.25) is 0 Å². The van der Waals surface area contributed by atoms with E-state index in [2.05, 4.69) is 15.2 Å². The van der Waals surface area contributed by atoms with E-state index in [1.807, 2.05) is 13.8 Å². The van der Waals surface area contributed by atoms with E-state index in [4.69, 9.17) is 0 Å². The Balaban J connectivity index is 2.09.